The van der Waals surface area contributed by atoms with Gasteiger partial charge in [0.2, 0.25) is 0 Å². The SMILES string of the molecule is [CH-]1CCCC1.[CH-]1CCCC1.[Cu+2]. The molecule has 0 aromatic rings. The second-order valence-corrected chi connectivity index (χ2v) is 3.15. The van der Waals surface area contributed by atoms with Crippen molar-refractivity contribution in [3.8, 4) is 0 Å². The zero-order chi connectivity index (χ0) is 7.07. The van der Waals surface area contributed by atoms with Gasteiger partial charge in [-0.25, -0.2) is 0 Å². The van der Waals surface area contributed by atoms with Crippen molar-refractivity contribution in [2.45, 2.75) is 51.4 Å². The summed E-state index contributed by atoms with van der Waals surface area (Å²) in [5.74, 6) is 0. The Morgan fingerprint density at radius 2 is 0.818 bits per heavy atom. The first-order chi connectivity index (χ1) is 5.00. The van der Waals surface area contributed by atoms with Crippen molar-refractivity contribution < 1.29 is 17.1 Å². The first-order valence-electron chi connectivity index (χ1n) is 4.63. The maximum absolute atomic E-state index is 2.36. The van der Waals surface area contributed by atoms with Crippen LogP contribution in [0.4, 0.5) is 0 Å². The van der Waals surface area contributed by atoms with Crippen LogP contribution in [0.2, 0.25) is 0 Å². The van der Waals surface area contributed by atoms with Gasteiger partial charge in [-0.15, -0.1) is 0 Å². The van der Waals surface area contributed by atoms with E-state index in [1.54, 1.807) is 0 Å². The summed E-state index contributed by atoms with van der Waals surface area (Å²) in [7, 11) is 0. The molecule has 2 aliphatic carbocycles. The molecule has 69 valence electrons. The Hall–Kier alpha value is 0.519. The summed E-state index contributed by atoms with van der Waals surface area (Å²) >= 11 is 0. The monoisotopic (exact) mass is 201 g/mol. The maximum atomic E-state index is 2.36. The Morgan fingerprint density at radius 1 is 0.545 bits per heavy atom. The second kappa shape index (κ2) is 8.61. The molecule has 0 bridgehead atoms. The minimum atomic E-state index is 0. The molecule has 0 unspecified atom stereocenters. The Balaban J connectivity index is 0.000000167. The third kappa shape index (κ3) is 6.90. The quantitative estimate of drug-likeness (QED) is 0.416. The van der Waals surface area contributed by atoms with E-state index in [0.29, 0.717) is 0 Å². The molecule has 2 aliphatic rings. The molecule has 0 saturated heterocycles. The van der Waals surface area contributed by atoms with E-state index in [1.807, 2.05) is 0 Å². The van der Waals surface area contributed by atoms with Gasteiger partial charge in [0.25, 0.3) is 0 Å². The van der Waals surface area contributed by atoms with Gasteiger partial charge in [0, 0.05) is 0 Å². The molecule has 0 spiro atoms. The van der Waals surface area contributed by atoms with Crippen LogP contribution in [0.25, 0.3) is 0 Å². The van der Waals surface area contributed by atoms with E-state index in [2.05, 4.69) is 12.8 Å². The molecule has 2 fully saturated rings. The van der Waals surface area contributed by atoms with E-state index in [0.717, 1.165) is 0 Å². The molecule has 2 saturated carbocycles. The molecular formula is C10H18Cu. The fourth-order valence-corrected chi connectivity index (χ4v) is 1.44. The largest absolute Gasteiger partial charge is 2.00 e. The van der Waals surface area contributed by atoms with Crippen LogP contribution in [0.15, 0.2) is 0 Å². The average molecular weight is 202 g/mol. The van der Waals surface area contributed by atoms with Crippen LogP contribution in [0.1, 0.15) is 51.4 Å². The van der Waals surface area contributed by atoms with Crippen molar-refractivity contribution in [2.75, 3.05) is 0 Å². The first kappa shape index (κ1) is 11.5. The molecule has 2 rings (SSSR count). The van der Waals surface area contributed by atoms with E-state index < -0.39 is 0 Å². The van der Waals surface area contributed by atoms with Gasteiger partial charge in [-0.05, 0) is 0 Å². The summed E-state index contributed by atoms with van der Waals surface area (Å²) in [5.41, 5.74) is 0. The third-order valence-electron chi connectivity index (χ3n) is 2.13. The fraction of sp³-hybridized carbons (Fsp3) is 0.800. The van der Waals surface area contributed by atoms with Crippen LogP contribution < -0.4 is 0 Å². The van der Waals surface area contributed by atoms with Gasteiger partial charge in [0.05, 0.1) is 0 Å². The summed E-state index contributed by atoms with van der Waals surface area (Å²) in [6.07, 6.45) is 16.0. The van der Waals surface area contributed by atoms with Gasteiger partial charge >= 0.3 is 17.1 Å². The Bertz CT molecular complexity index is 38.1. The zero-order valence-corrected chi connectivity index (χ0v) is 8.05. The second-order valence-electron chi connectivity index (χ2n) is 3.15. The minimum Gasteiger partial charge on any atom is -0.328 e. The molecular weight excluding hydrogens is 184 g/mol. The van der Waals surface area contributed by atoms with E-state index in [1.165, 1.54) is 51.4 Å². The molecule has 0 heterocycles. The fourth-order valence-electron chi connectivity index (χ4n) is 1.44. The average Bonchev–Trinajstić information content (AvgIpc) is 2.67. The number of hydrogen-bond donors (Lipinski definition) is 0. The van der Waals surface area contributed by atoms with E-state index in [9.17, 15) is 0 Å². The van der Waals surface area contributed by atoms with Gasteiger partial charge in [-0.3, -0.25) is 0 Å². The van der Waals surface area contributed by atoms with Gasteiger partial charge in [0.15, 0.2) is 0 Å². The van der Waals surface area contributed by atoms with Crippen LogP contribution in [-0.2, 0) is 17.1 Å². The topological polar surface area (TPSA) is 0 Å². The van der Waals surface area contributed by atoms with E-state index >= 15 is 0 Å². The summed E-state index contributed by atoms with van der Waals surface area (Å²) in [5, 5.41) is 0. The van der Waals surface area contributed by atoms with Crippen molar-refractivity contribution in [3.63, 3.8) is 0 Å². The van der Waals surface area contributed by atoms with Gasteiger partial charge < -0.3 is 12.8 Å². The predicted octanol–water partition coefficient (Wildman–Crippen LogP) is 3.53. The molecule has 11 heavy (non-hydrogen) atoms. The van der Waals surface area contributed by atoms with Crippen LogP contribution in [0.3, 0.4) is 0 Å². The van der Waals surface area contributed by atoms with Gasteiger partial charge in [-0.1, -0.05) is 25.7 Å². The van der Waals surface area contributed by atoms with Crippen LogP contribution in [-0.4, -0.2) is 0 Å². The van der Waals surface area contributed by atoms with Crippen molar-refractivity contribution in [1.82, 2.24) is 0 Å². The molecule has 1 radical (unpaired) electrons. The zero-order valence-electron chi connectivity index (χ0n) is 7.11. The molecule has 0 aromatic carbocycles. The summed E-state index contributed by atoms with van der Waals surface area (Å²) in [6.45, 7) is 0. The number of rotatable bonds is 0. The molecule has 0 nitrogen and oxygen atoms in total. The first-order valence-corrected chi connectivity index (χ1v) is 4.63. The van der Waals surface area contributed by atoms with Gasteiger partial charge in [0.1, 0.15) is 0 Å². The summed E-state index contributed by atoms with van der Waals surface area (Å²) in [6, 6.07) is 0. The van der Waals surface area contributed by atoms with Crippen LogP contribution in [0, 0.1) is 12.8 Å². The third-order valence-corrected chi connectivity index (χ3v) is 2.13. The maximum Gasteiger partial charge on any atom is 2.00 e. The Kier molecular flexibility index (Phi) is 9.02. The van der Waals surface area contributed by atoms with Crippen molar-refractivity contribution >= 4 is 0 Å². The summed E-state index contributed by atoms with van der Waals surface area (Å²) < 4.78 is 0. The van der Waals surface area contributed by atoms with Crippen molar-refractivity contribution in [1.29, 1.82) is 0 Å². The standard InChI is InChI=1S/2C5H9.Cu/c2*1-2-4-5-3-1;/h2*1H,2-5H2;/q2*-1;+2. The molecule has 0 atom stereocenters. The Labute approximate surface area is 81.6 Å². The molecule has 0 N–H and O–H groups in total. The molecule has 0 aliphatic heterocycles. The van der Waals surface area contributed by atoms with E-state index in [4.69, 9.17) is 0 Å². The molecule has 1 heteroatoms. The smallest absolute Gasteiger partial charge is 0.328 e. The van der Waals surface area contributed by atoms with Crippen LogP contribution in [0.5, 0.6) is 0 Å². The Morgan fingerprint density at radius 3 is 0.909 bits per heavy atom. The van der Waals surface area contributed by atoms with Crippen molar-refractivity contribution in [2.24, 2.45) is 0 Å². The molecule has 0 amide bonds. The molecule has 0 aromatic heterocycles. The van der Waals surface area contributed by atoms with Crippen molar-refractivity contribution in [3.05, 3.63) is 12.8 Å². The van der Waals surface area contributed by atoms with Gasteiger partial charge in [-0.2, -0.15) is 25.7 Å². The normalized spacial score (nSPS) is 21.8. The predicted molar refractivity (Wildman–Crippen MR) is 45.5 cm³/mol. The minimum absolute atomic E-state index is 0. The van der Waals surface area contributed by atoms with Crippen LogP contribution >= 0.6 is 0 Å². The van der Waals surface area contributed by atoms with E-state index in [-0.39, 0.29) is 17.1 Å². The summed E-state index contributed by atoms with van der Waals surface area (Å²) in [4.78, 5) is 0. The number of hydrogen-bond acceptors (Lipinski definition) is 0.